The molecule has 3 rings (SSSR count). The van der Waals surface area contributed by atoms with Crippen molar-refractivity contribution in [3.05, 3.63) is 34.1 Å². The molecule has 0 saturated carbocycles. The number of carbonyl (C=O) groups excluding carboxylic acids is 1. The smallest absolute Gasteiger partial charge is 0.229 e. The summed E-state index contributed by atoms with van der Waals surface area (Å²) in [6.07, 6.45) is 1.80. The summed E-state index contributed by atoms with van der Waals surface area (Å²) in [6, 6.07) is 7.99. The molecule has 118 valence electrons. The minimum absolute atomic E-state index is 0. The van der Waals surface area contributed by atoms with Crippen LogP contribution in [-0.4, -0.2) is 24.0 Å². The summed E-state index contributed by atoms with van der Waals surface area (Å²) < 4.78 is 1.02. The molecule has 7 heteroatoms. The fourth-order valence-corrected chi connectivity index (χ4v) is 3.52. The van der Waals surface area contributed by atoms with Crippen molar-refractivity contribution in [2.24, 2.45) is 5.92 Å². The maximum atomic E-state index is 12.2. The fraction of sp³-hybridized carbons (Fsp3) is 0.333. The third kappa shape index (κ3) is 4.29. The minimum Gasteiger partial charge on any atom is -0.317 e. The second-order valence-corrected chi connectivity index (χ2v) is 6.84. The number of hydrogen-bond donors (Lipinski definition) is 2. The molecule has 4 nitrogen and oxygen atoms in total. The number of nitrogens with one attached hydrogen (secondary N) is 2. The summed E-state index contributed by atoms with van der Waals surface area (Å²) in [5.41, 5.74) is 1.94. The lowest BCUT2D eigenvalue weighted by molar-refractivity contribution is -0.120. The second-order valence-electron chi connectivity index (χ2n) is 5.06. The summed E-state index contributed by atoms with van der Waals surface area (Å²) in [4.78, 5) is 16.7. The lowest BCUT2D eigenvalue weighted by atomic mass is 9.97. The summed E-state index contributed by atoms with van der Waals surface area (Å²) in [7, 11) is 0. The standard InChI is InChI=1S/C15H16BrN3OS.ClH/c16-12-3-1-2-11(8-12)13-9-21-15(18-13)19-14(20)10-4-6-17-7-5-10;/h1-3,8-10,17H,4-7H2,(H,18,19,20);1H. The van der Waals surface area contributed by atoms with Gasteiger partial charge in [-0.1, -0.05) is 28.1 Å². The molecule has 2 N–H and O–H groups in total. The summed E-state index contributed by atoms with van der Waals surface area (Å²) in [6.45, 7) is 1.83. The molecule has 1 saturated heterocycles. The number of rotatable bonds is 3. The zero-order valence-corrected chi connectivity index (χ0v) is 15.1. The number of hydrogen-bond acceptors (Lipinski definition) is 4. The number of aromatic nitrogens is 1. The van der Waals surface area contributed by atoms with E-state index >= 15 is 0 Å². The largest absolute Gasteiger partial charge is 0.317 e. The lowest BCUT2D eigenvalue weighted by Gasteiger charge is -2.20. The van der Waals surface area contributed by atoms with Gasteiger partial charge in [-0.2, -0.15) is 0 Å². The van der Waals surface area contributed by atoms with Gasteiger partial charge in [-0.05, 0) is 38.1 Å². The summed E-state index contributed by atoms with van der Waals surface area (Å²) >= 11 is 4.93. The van der Waals surface area contributed by atoms with Gasteiger partial charge in [0.2, 0.25) is 5.91 Å². The third-order valence-electron chi connectivity index (χ3n) is 3.56. The highest BCUT2D eigenvalue weighted by Gasteiger charge is 2.21. The Bertz CT molecular complexity index is 643. The van der Waals surface area contributed by atoms with Crippen molar-refractivity contribution in [1.29, 1.82) is 0 Å². The van der Waals surface area contributed by atoms with Crippen LogP contribution in [0.3, 0.4) is 0 Å². The van der Waals surface area contributed by atoms with Gasteiger partial charge in [0.05, 0.1) is 5.69 Å². The molecular formula is C15H17BrClN3OS. The fourth-order valence-electron chi connectivity index (χ4n) is 2.40. The number of anilines is 1. The molecule has 1 aromatic carbocycles. The van der Waals surface area contributed by atoms with Crippen LogP contribution in [0.5, 0.6) is 0 Å². The zero-order valence-electron chi connectivity index (χ0n) is 11.8. The molecular weight excluding hydrogens is 386 g/mol. The molecule has 0 unspecified atom stereocenters. The molecule has 0 bridgehead atoms. The van der Waals surface area contributed by atoms with E-state index in [2.05, 4.69) is 31.5 Å². The van der Waals surface area contributed by atoms with Gasteiger partial charge in [-0.3, -0.25) is 4.79 Å². The van der Waals surface area contributed by atoms with Crippen LogP contribution in [0.15, 0.2) is 34.1 Å². The van der Waals surface area contributed by atoms with Crippen LogP contribution >= 0.6 is 39.7 Å². The second kappa shape index (κ2) is 8.06. The number of nitrogens with zero attached hydrogens (tertiary/aromatic N) is 1. The van der Waals surface area contributed by atoms with Crippen LogP contribution in [0.1, 0.15) is 12.8 Å². The predicted octanol–water partition coefficient (Wildman–Crippen LogP) is 3.93. The van der Waals surface area contributed by atoms with Gasteiger partial charge >= 0.3 is 0 Å². The van der Waals surface area contributed by atoms with Gasteiger partial charge in [0.25, 0.3) is 0 Å². The highest BCUT2D eigenvalue weighted by Crippen LogP contribution is 2.27. The maximum Gasteiger partial charge on any atom is 0.229 e. The van der Waals surface area contributed by atoms with Crippen LogP contribution in [0.2, 0.25) is 0 Å². The van der Waals surface area contributed by atoms with E-state index in [4.69, 9.17) is 0 Å². The predicted molar refractivity (Wildman–Crippen MR) is 96.7 cm³/mol. The number of halogens is 2. The summed E-state index contributed by atoms with van der Waals surface area (Å²) in [5, 5.41) is 8.86. The molecule has 0 radical (unpaired) electrons. The number of thiazole rings is 1. The van der Waals surface area contributed by atoms with Gasteiger partial charge < -0.3 is 10.6 Å². The van der Waals surface area contributed by atoms with Crippen molar-refractivity contribution in [2.45, 2.75) is 12.8 Å². The molecule has 22 heavy (non-hydrogen) atoms. The first kappa shape index (κ1) is 17.4. The molecule has 1 amide bonds. The van der Waals surface area contributed by atoms with Gasteiger partial charge in [-0.25, -0.2) is 4.98 Å². The third-order valence-corrected chi connectivity index (χ3v) is 4.82. The van der Waals surface area contributed by atoms with Gasteiger partial charge in [0.15, 0.2) is 5.13 Å². The quantitative estimate of drug-likeness (QED) is 0.818. The van der Waals surface area contributed by atoms with E-state index in [1.807, 2.05) is 29.6 Å². The van der Waals surface area contributed by atoms with Gasteiger partial charge in [0, 0.05) is 21.3 Å². The SMILES string of the molecule is Cl.O=C(Nc1nc(-c2cccc(Br)c2)cs1)C1CCNCC1. The number of piperidine rings is 1. The Morgan fingerprint density at radius 1 is 1.36 bits per heavy atom. The first-order valence-electron chi connectivity index (χ1n) is 6.95. The normalized spacial score (nSPS) is 15.1. The molecule has 0 atom stereocenters. The Morgan fingerprint density at radius 3 is 2.86 bits per heavy atom. The van der Waals surface area contributed by atoms with E-state index in [9.17, 15) is 4.79 Å². The van der Waals surface area contributed by atoms with Crippen molar-refractivity contribution < 1.29 is 4.79 Å². The van der Waals surface area contributed by atoms with Crippen LogP contribution in [0.4, 0.5) is 5.13 Å². The topological polar surface area (TPSA) is 54.0 Å². The van der Waals surface area contributed by atoms with Crippen LogP contribution in [0, 0.1) is 5.92 Å². The van der Waals surface area contributed by atoms with E-state index in [1.54, 1.807) is 0 Å². The number of carbonyl (C=O) groups is 1. The van der Waals surface area contributed by atoms with Gasteiger partial charge in [-0.15, -0.1) is 23.7 Å². The minimum atomic E-state index is 0. The molecule has 1 aliphatic heterocycles. The highest BCUT2D eigenvalue weighted by atomic mass is 79.9. The zero-order chi connectivity index (χ0) is 14.7. The Kier molecular flexibility index (Phi) is 6.37. The molecule has 1 aromatic heterocycles. The van der Waals surface area contributed by atoms with Crippen molar-refractivity contribution in [3.63, 3.8) is 0 Å². The Balaban J connectivity index is 0.00000176. The Labute approximate surface area is 148 Å². The first-order valence-corrected chi connectivity index (χ1v) is 8.63. The number of benzene rings is 1. The van der Waals surface area contributed by atoms with Gasteiger partial charge in [0.1, 0.15) is 0 Å². The van der Waals surface area contributed by atoms with Crippen LogP contribution < -0.4 is 10.6 Å². The van der Waals surface area contributed by atoms with Crippen molar-refractivity contribution >= 4 is 50.7 Å². The molecule has 1 fully saturated rings. The van der Waals surface area contributed by atoms with Crippen molar-refractivity contribution in [3.8, 4) is 11.3 Å². The van der Waals surface area contributed by atoms with Crippen LogP contribution in [-0.2, 0) is 4.79 Å². The average molecular weight is 403 g/mol. The van der Waals surface area contributed by atoms with E-state index in [0.29, 0.717) is 5.13 Å². The lowest BCUT2D eigenvalue weighted by Crippen LogP contribution is -2.34. The molecule has 0 spiro atoms. The first-order chi connectivity index (χ1) is 10.2. The Hall–Kier alpha value is -0.950. The van der Waals surface area contributed by atoms with E-state index < -0.39 is 0 Å². The van der Waals surface area contributed by atoms with E-state index in [0.717, 1.165) is 41.7 Å². The average Bonchev–Trinajstić information content (AvgIpc) is 2.97. The van der Waals surface area contributed by atoms with Crippen molar-refractivity contribution in [2.75, 3.05) is 18.4 Å². The highest BCUT2D eigenvalue weighted by molar-refractivity contribution is 9.10. The molecule has 2 aromatic rings. The van der Waals surface area contributed by atoms with Crippen LogP contribution in [0.25, 0.3) is 11.3 Å². The maximum absolute atomic E-state index is 12.2. The van der Waals surface area contributed by atoms with E-state index in [-0.39, 0.29) is 24.2 Å². The molecule has 1 aliphatic rings. The van der Waals surface area contributed by atoms with E-state index in [1.165, 1.54) is 11.3 Å². The Morgan fingerprint density at radius 2 is 2.14 bits per heavy atom. The van der Waals surface area contributed by atoms with Crippen molar-refractivity contribution in [1.82, 2.24) is 10.3 Å². The monoisotopic (exact) mass is 401 g/mol. The molecule has 0 aliphatic carbocycles. The summed E-state index contributed by atoms with van der Waals surface area (Å²) in [5.74, 6) is 0.191. The molecule has 2 heterocycles. The number of amides is 1.